The Kier molecular flexibility index (Phi) is 1.74. The minimum absolute atomic E-state index is 0.620. The predicted octanol–water partition coefficient (Wildman–Crippen LogP) is 0.655. The van der Waals surface area contributed by atoms with E-state index >= 15 is 0 Å². The lowest BCUT2D eigenvalue weighted by Gasteiger charge is -1.71. The molecule has 0 aromatic carbocycles. The van der Waals surface area contributed by atoms with Crippen LogP contribution in [0.15, 0.2) is 5.16 Å². The second-order valence-corrected chi connectivity index (χ2v) is 2.62. The molecule has 0 radical (unpaired) electrons. The van der Waals surface area contributed by atoms with Gasteiger partial charge in [0.1, 0.15) is 11.2 Å². The molecule has 0 spiro atoms. The van der Waals surface area contributed by atoms with Crippen molar-refractivity contribution in [2.75, 3.05) is 0 Å². The highest BCUT2D eigenvalue weighted by Gasteiger charge is 1.93. The maximum Gasteiger partial charge on any atom is 0.162 e. The zero-order valence-corrected chi connectivity index (χ0v) is 5.59. The Balaban J connectivity index is 2.85. The van der Waals surface area contributed by atoms with Gasteiger partial charge in [-0.25, -0.2) is 0 Å². The third-order valence-corrected chi connectivity index (χ3v) is 1.48. The molecule has 0 atom stereocenters. The monoisotopic (exact) mass is 143 g/mol. The van der Waals surface area contributed by atoms with Crippen molar-refractivity contribution in [3.63, 3.8) is 0 Å². The molecule has 0 saturated heterocycles. The third kappa shape index (κ3) is 1.46. The molecule has 0 aliphatic heterocycles. The molecule has 1 N–H and O–H groups in total. The van der Waals surface area contributed by atoms with Gasteiger partial charge in [0.15, 0.2) is 5.01 Å². The van der Waals surface area contributed by atoms with Crippen molar-refractivity contribution >= 4 is 17.6 Å². The van der Waals surface area contributed by atoms with Gasteiger partial charge in [0.05, 0.1) is 0 Å². The zero-order valence-electron chi connectivity index (χ0n) is 4.77. The standard InChI is InChI=1S/C4H5N3OS/c1-3-6-7-4(9-3)2-5-8/h2,8H,1H3/b5-2+. The van der Waals surface area contributed by atoms with Gasteiger partial charge in [0, 0.05) is 0 Å². The number of hydrogen-bond acceptors (Lipinski definition) is 5. The van der Waals surface area contributed by atoms with E-state index in [2.05, 4.69) is 15.4 Å². The van der Waals surface area contributed by atoms with E-state index in [1.165, 1.54) is 17.6 Å². The molecule has 48 valence electrons. The van der Waals surface area contributed by atoms with Crippen molar-refractivity contribution in [3.05, 3.63) is 10.0 Å². The fourth-order valence-electron chi connectivity index (χ4n) is 0.413. The molecule has 1 aromatic rings. The maximum atomic E-state index is 8.04. The van der Waals surface area contributed by atoms with Gasteiger partial charge in [-0.15, -0.1) is 10.2 Å². The molecule has 0 bridgehead atoms. The average molecular weight is 143 g/mol. The summed E-state index contributed by atoms with van der Waals surface area (Å²) in [6, 6.07) is 0. The number of hydrogen-bond donors (Lipinski definition) is 1. The third-order valence-electron chi connectivity index (χ3n) is 0.710. The molecule has 1 aromatic heterocycles. The van der Waals surface area contributed by atoms with Crippen molar-refractivity contribution in [1.82, 2.24) is 10.2 Å². The Morgan fingerprint density at radius 1 is 1.67 bits per heavy atom. The molecule has 9 heavy (non-hydrogen) atoms. The first-order chi connectivity index (χ1) is 4.33. The Morgan fingerprint density at radius 3 is 2.89 bits per heavy atom. The van der Waals surface area contributed by atoms with Crippen LogP contribution in [0.5, 0.6) is 0 Å². The molecule has 0 unspecified atom stereocenters. The SMILES string of the molecule is Cc1nnc(/C=N/O)s1. The van der Waals surface area contributed by atoms with Gasteiger partial charge in [-0.3, -0.25) is 0 Å². The molecule has 4 nitrogen and oxygen atoms in total. The fourth-order valence-corrected chi connectivity index (χ4v) is 0.979. The van der Waals surface area contributed by atoms with Gasteiger partial charge in [-0.2, -0.15) is 0 Å². The van der Waals surface area contributed by atoms with E-state index in [9.17, 15) is 0 Å². The lowest BCUT2D eigenvalue weighted by Crippen LogP contribution is -1.76. The quantitative estimate of drug-likeness (QED) is 0.357. The molecule has 1 heterocycles. The van der Waals surface area contributed by atoms with E-state index in [1.54, 1.807) is 0 Å². The predicted molar refractivity (Wildman–Crippen MR) is 34.0 cm³/mol. The highest BCUT2D eigenvalue weighted by Crippen LogP contribution is 2.03. The average Bonchev–Trinajstić information content (AvgIpc) is 2.17. The topological polar surface area (TPSA) is 58.4 Å². The molecule has 0 aliphatic carbocycles. The Hall–Kier alpha value is -0.970. The van der Waals surface area contributed by atoms with Crippen LogP contribution in [0.1, 0.15) is 10.0 Å². The molecule has 0 saturated carbocycles. The van der Waals surface area contributed by atoms with Crippen LogP contribution in [0, 0.1) is 6.92 Å². The van der Waals surface area contributed by atoms with Gasteiger partial charge in [-0.05, 0) is 6.92 Å². The number of oxime groups is 1. The Bertz CT molecular complexity index is 219. The molecular formula is C4H5N3OS. The number of nitrogens with zero attached hydrogens (tertiary/aromatic N) is 3. The van der Waals surface area contributed by atoms with E-state index in [1.807, 2.05) is 6.92 Å². The van der Waals surface area contributed by atoms with Crippen molar-refractivity contribution < 1.29 is 5.21 Å². The van der Waals surface area contributed by atoms with Crippen LogP contribution in [0.2, 0.25) is 0 Å². The minimum Gasteiger partial charge on any atom is -0.411 e. The molecule has 0 fully saturated rings. The molecule has 0 aliphatic rings. The van der Waals surface area contributed by atoms with Gasteiger partial charge in [0.25, 0.3) is 0 Å². The largest absolute Gasteiger partial charge is 0.411 e. The summed E-state index contributed by atoms with van der Waals surface area (Å²) < 4.78 is 0. The van der Waals surface area contributed by atoms with Gasteiger partial charge in [0.2, 0.25) is 0 Å². The first-order valence-electron chi connectivity index (χ1n) is 2.30. The Labute approximate surface area is 55.9 Å². The fraction of sp³-hybridized carbons (Fsp3) is 0.250. The number of rotatable bonds is 1. The molecule has 5 heteroatoms. The van der Waals surface area contributed by atoms with Crippen molar-refractivity contribution in [1.29, 1.82) is 0 Å². The normalized spacial score (nSPS) is 10.8. The van der Waals surface area contributed by atoms with Crippen molar-refractivity contribution in [3.8, 4) is 0 Å². The maximum absolute atomic E-state index is 8.04. The molecular weight excluding hydrogens is 138 g/mol. The lowest BCUT2D eigenvalue weighted by molar-refractivity contribution is 0.322. The van der Waals surface area contributed by atoms with Crippen LogP contribution >= 0.6 is 11.3 Å². The lowest BCUT2D eigenvalue weighted by atomic mass is 10.8. The second-order valence-electron chi connectivity index (χ2n) is 1.40. The zero-order chi connectivity index (χ0) is 6.69. The summed E-state index contributed by atoms with van der Waals surface area (Å²) >= 11 is 1.38. The molecule has 1 rings (SSSR count). The summed E-state index contributed by atoms with van der Waals surface area (Å²) in [6.07, 6.45) is 1.25. The van der Waals surface area contributed by atoms with Crippen molar-refractivity contribution in [2.45, 2.75) is 6.92 Å². The second kappa shape index (κ2) is 2.54. The smallest absolute Gasteiger partial charge is 0.162 e. The van der Waals surface area contributed by atoms with E-state index in [0.29, 0.717) is 5.01 Å². The Morgan fingerprint density at radius 2 is 2.44 bits per heavy atom. The van der Waals surface area contributed by atoms with Crippen LogP contribution in [0.3, 0.4) is 0 Å². The van der Waals surface area contributed by atoms with E-state index in [4.69, 9.17) is 5.21 Å². The van der Waals surface area contributed by atoms with E-state index in [0.717, 1.165) is 5.01 Å². The van der Waals surface area contributed by atoms with Gasteiger partial charge < -0.3 is 5.21 Å². The summed E-state index contributed by atoms with van der Waals surface area (Å²) in [7, 11) is 0. The van der Waals surface area contributed by atoms with Crippen molar-refractivity contribution in [2.24, 2.45) is 5.16 Å². The summed E-state index contributed by atoms with van der Waals surface area (Å²) in [4.78, 5) is 0. The van der Waals surface area contributed by atoms with Gasteiger partial charge in [-0.1, -0.05) is 16.5 Å². The summed E-state index contributed by atoms with van der Waals surface area (Å²) in [5.74, 6) is 0. The first-order valence-corrected chi connectivity index (χ1v) is 3.12. The molecule has 0 amide bonds. The van der Waals surface area contributed by atoms with Crippen LogP contribution in [-0.2, 0) is 0 Å². The highest BCUT2D eigenvalue weighted by molar-refractivity contribution is 7.12. The van der Waals surface area contributed by atoms with Crippen LogP contribution in [0.25, 0.3) is 0 Å². The number of aryl methyl sites for hydroxylation is 1. The highest BCUT2D eigenvalue weighted by atomic mass is 32.1. The minimum atomic E-state index is 0.620. The van der Waals surface area contributed by atoms with E-state index < -0.39 is 0 Å². The van der Waals surface area contributed by atoms with Crippen LogP contribution in [-0.4, -0.2) is 21.6 Å². The van der Waals surface area contributed by atoms with Crippen LogP contribution in [0.4, 0.5) is 0 Å². The summed E-state index contributed by atoms with van der Waals surface area (Å²) in [5.41, 5.74) is 0. The summed E-state index contributed by atoms with van der Waals surface area (Å²) in [6.45, 7) is 1.84. The van der Waals surface area contributed by atoms with Crippen LogP contribution < -0.4 is 0 Å². The summed E-state index contributed by atoms with van der Waals surface area (Å²) in [5, 5.41) is 19.7. The van der Waals surface area contributed by atoms with E-state index in [-0.39, 0.29) is 0 Å². The first kappa shape index (κ1) is 6.15. The number of aromatic nitrogens is 2. The van der Waals surface area contributed by atoms with Gasteiger partial charge >= 0.3 is 0 Å².